The number of carbonyl (C=O) groups excluding carboxylic acids is 1. The second-order valence-electron chi connectivity index (χ2n) is 6.78. The lowest BCUT2D eigenvalue weighted by Gasteiger charge is -2.14. The Morgan fingerprint density at radius 2 is 1.66 bits per heavy atom. The highest BCUT2D eigenvalue weighted by molar-refractivity contribution is 5.79. The highest BCUT2D eigenvalue weighted by atomic mass is 19.1. The number of nitrogens with one attached hydrogen (secondary N) is 1. The first-order valence-corrected chi connectivity index (χ1v) is 9.38. The minimum Gasteiger partial charge on any atom is -0.507 e. The minimum atomic E-state index is -0.547. The molecular formula is C24H20FNO3. The van der Waals surface area contributed by atoms with Crippen LogP contribution < -0.4 is 5.32 Å². The summed E-state index contributed by atoms with van der Waals surface area (Å²) in [6.07, 6.45) is 2.43. The molecule has 1 aliphatic rings. The lowest BCUT2D eigenvalue weighted by atomic mass is 9.98. The summed E-state index contributed by atoms with van der Waals surface area (Å²) in [4.78, 5) is 12.1. The number of benzene rings is 3. The maximum atomic E-state index is 13.6. The summed E-state index contributed by atoms with van der Waals surface area (Å²) >= 11 is 0. The fourth-order valence-electron chi connectivity index (χ4n) is 3.66. The minimum absolute atomic E-state index is 0.000876. The van der Waals surface area contributed by atoms with Crippen molar-refractivity contribution in [3.05, 3.63) is 95.3 Å². The molecule has 146 valence electrons. The number of carbonyl (C=O) groups is 1. The van der Waals surface area contributed by atoms with E-state index in [9.17, 15) is 14.3 Å². The zero-order valence-corrected chi connectivity index (χ0v) is 15.6. The van der Waals surface area contributed by atoms with Crippen LogP contribution in [0.3, 0.4) is 0 Å². The molecule has 0 fully saturated rings. The fraction of sp³-hybridized carbons (Fsp3) is 0.125. The number of phenolic OH excluding ortho intramolecular Hbond substituents is 1. The molecule has 3 aromatic rings. The molecular weight excluding hydrogens is 369 g/mol. The molecule has 0 aromatic heterocycles. The molecule has 5 heteroatoms. The van der Waals surface area contributed by atoms with Gasteiger partial charge in [0.15, 0.2) is 0 Å². The first kappa shape index (κ1) is 18.7. The van der Waals surface area contributed by atoms with Crippen LogP contribution in [0.1, 0.15) is 22.6 Å². The normalized spacial score (nSPS) is 12.6. The number of halogens is 1. The zero-order chi connectivity index (χ0) is 20.2. The first-order valence-electron chi connectivity index (χ1n) is 9.38. The predicted molar refractivity (Wildman–Crippen MR) is 110 cm³/mol. The van der Waals surface area contributed by atoms with Crippen molar-refractivity contribution in [2.75, 3.05) is 13.2 Å². The van der Waals surface area contributed by atoms with Gasteiger partial charge >= 0.3 is 6.09 Å². The maximum Gasteiger partial charge on any atom is 0.407 e. The SMILES string of the molecule is O=C(NCC=Cc1c(O)cccc1F)OCC1c2ccccc2-c2ccccc21. The van der Waals surface area contributed by atoms with Gasteiger partial charge in [-0.2, -0.15) is 0 Å². The Labute approximate surface area is 168 Å². The molecule has 0 aliphatic heterocycles. The molecule has 29 heavy (non-hydrogen) atoms. The summed E-state index contributed by atoms with van der Waals surface area (Å²) in [6, 6.07) is 20.4. The van der Waals surface area contributed by atoms with Gasteiger partial charge in [-0.15, -0.1) is 0 Å². The third-order valence-electron chi connectivity index (χ3n) is 5.02. The van der Waals surface area contributed by atoms with Crippen LogP contribution in [0.2, 0.25) is 0 Å². The van der Waals surface area contributed by atoms with Crippen molar-refractivity contribution in [2.45, 2.75) is 5.92 Å². The monoisotopic (exact) mass is 389 g/mol. The summed E-state index contributed by atoms with van der Waals surface area (Å²) in [5.74, 6) is -0.677. The lowest BCUT2D eigenvalue weighted by molar-refractivity contribution is 0.144. The van der Waals surface area contributed by atoms with Crippen molar-refractivity contribution in [1.29, 1.82) is 0 Å². The fourth-order valence-corrected chi connectivity index (χ4v) is 3.66. The molecule has 4 nitrogen and oxygen atoms in total. The maximum absolute atomic E-state index is 13.6. The molecule has 0 saturated heterocycles. The van der Waals surface area contributed by atoms with E-state index in [4.69, 9.17) is 4.74 Å². The number of phenols is 1. The van der Waals surface area contributed by atoms with Gasteiger partial charge in [0.2, 0.25) is 0 Å². The second kappa shape index (κ2) is 8.19. The van der Waals surface area contributed by atoms with Crippen LogP contribution in [0.15, 0.2) is 72.8 Å². The third kappa shape index (κ3) is 3.85. The van der Waals surface area contributed by atoms with E-state index in [2.05, 4.69) is 29.6 Å². The van der Waals surface area contributed by atoms with Gasteiger partial charge in [0.25, 0.3) is 0 Å². The van der Waals surface area contributed by atoms with Gasteiger partial charge in [0, 0.05) is 12.5 Å². The van der Waals surface area contributed by atoms with Crippen molar-refractivity contribution in [2.24, 2.45) is 0 Å². The second-order valence-corrected chi connectivity index (χ2v) is 6.78. The van der Waals surface area contributed by atoms with Crippen LogP contribution in [0.5, 0.6) is 5.75 Å². The Hall–Kier alpha value is -3.60. The molecule has 4 rings (SSSR count). The van der Waals surface area contributed by atoms with Gasteiger partial charge in [-0.1, -0.05) is 66.7 Å². The Bertz CT molecular complexity index is 1010. The summed E-state index contributed by atoms with van der Waals surface area (Å²) in [5.41, 5.74) is 4.73. The molecule has 0 radical (unpaired) electrons. The quantitative estimate of drug-likeness (QED) is 0.640. The Morgan fingerprint density at radius 1 is 1.00 bits per heavy atom. The number of fused-ring (bicyclic) bond motifs is 3. The van der Waals surface area contributed by atoms with Crippen LogP contribution in [-0.4, -0.2) is 24.4 Å². The molecule has 0 atom stereocenters. The van der Waals surface area contributed by atoms with E-state index in [1.54, 1.807) is 6.08 Å². The van der Waals surface area contributed by atoms with E-state index in [1.165, 1.54) is 35.4 Å². The van der Waals surface area contributed by atoms with Gasteiger partial charge in [-0.3, -0.25) is 0 Å². The van der Waals surface area contributed by atoms with Crippen LogP contribution in [0, 0.1) is 5.82 Å². The number of ether oxygens (including phenoxy) is 1. The van der Waals surface area contributed by atoms with Crippen LogP contribution in [-0.2, 0) is 4.74 Å². The van der Waals surface area contributed by atoms with Gasteiger partial charge < -0.3 is 15.2 Å². The smallest absolute Gasteiger partial charge is 0.407 e. The van der Waals surface area contributed by atoms with Gasteiger partial charge in [0.05, 0.1) is 5.56 Å². The summed E-state index contributed by atoms with van der Waals surface area (Å²) in [7, 11) is 0. The van der Waals surface area contributed by atoms with Gasteiger partial charge in [0.1, 0.15) is 18.2 Å². The summed E-state index contributed by atoms with van der Waals surface area (Å²) in [6.45, 7) is 0.391. The van der Waals surface area contributed by atoms with Crippen molar-refractivity contribution in [3.63, 3.8) is 0 Å². The molecule has 0 saturated carbocycles. The van der Waals surface area contributed by atoms with Crippen molar-refractivity contribution < 1.29 is 19.0 Å². The number of amides is 1. The summed E-state index contributed by atoms with van der Waals surface area (Å²) in [5, 5.41) is 12.3. The standard InChI is InChI=1S/C24H20FNO3/c25-22-12-5-13-23(27)20(22)11-6-14-26-24(28)29-15-21-18-9-3-1-7-16(18)17-8-2-4-10-19(17)21/h1-13,21,27H,14-15H2,(H,26,28). The Balaban J connectivity index is 1.35. The predicted octanol–water partition coefficient (Wildman–Crippen LogP) is 5.08. The van der Waals surface area contributed by atoms with Crippen LogP contribution in [0.25, 0.3) is 17.2 Å². The molecule has 3 aromatic carbocycles. The number of hydrogen-bond acceptors (Lipinski definition) is 3. The van der Waals surface area contributed by atoms with Crippen molar-refractivity contribution >= 4 is 12.2 Å². The third-order valence-corrected chi connectivity index (χ3v) is 5.02. The first-order chi connectivity index (χ1) is 14.1. The van der Waals surface area contributed by atoms with E-state index in [0.717, 1.165) is 11.1 Å². The van der Waals surface area contributed by atoms with Crippen LogP contribution in [0.4, 0.5) is 9.18 Å². The highest BCUT2D eigenvalue weighted by Crippen LogP contribution is 2.44. The summed E-state index contributed by atoms with van der Waals surface area (Å²) < 4.78 is 19.1. The zero-order valence-electron chi connectivity index (χ0n) is 15.6. The number of rotatable bonds is 5. The molecule has 1 aliphatic carbocycles. The van der Waals surface area contributed by atoms with E-state index >= 15 is 0 Å². The number of hydrogen-bond donors (Lipinski definition) is 2. The highest BCUT2D eigenvalue weighted by Gasteiger charge is 2.28. The Morgan fingerprint density at radius 3 is 2.31 bits per heavy atom. The molecule has 0 unspecified atom stereocenters. The molecule has 0 heterocycles. The van der Waals surface area contributed by atoms with Crippen molar-refractivity contribution in [3.8, 4) is 16.9 Å². The number of alkyl carbamates (subject to hydrolysis) is 1. The molecule has 0 spiro atoms. The topological polar surface area (TPSA) is 58.6 Å². The van der Waals surface area contributed by atoms with E-state index in [-0.39, 0.29) is 30.4 Å². The molecule has 1 amide bonds. The molecule has 2 N–H and O–H groups in total. The van der Waals surface area contributed by atoms with E-state index in [1.807, 2.05) is 24.3 Å². The molecule has 0 bridgehead atoms. The van der Waals surface area contributed by atoms with Crippen LogP contribution >= 0.6 is 0 Å². The average Bonchev–Trinajstić information content (AvgIpc) is 3.05. The van der Waals surface area contributed by atoms with E-state index in [0.29, 0.717) is 0 Å². The van der Waals surface area contributed by atoms with Gasteiger partial charge in [-0.05, 0) is 34.4 Å². The van der Waals surface area contributed by atoms with Crippen molar-refractivity contribution in [1.82, 2.24) is 5.32 Å². The largest absolute Gasteiger partial charge is 0.507 e. The lowest BCUT2D eigenvalue weighted by Crippen LogP contribution is -2.26. The van der Waals surface area contributed by atoms with Gasteiger partial charge in [-0.25, -0.2) is 9.18 Å². The Kier molecular flexibility index (Phi) is 5.29. The average molecular weight is 389 g/mol. The number of aromatic hydroxyl groups is 1. The van der Waals surface area contributed by atoms with E-state index < -0.39 is 11.9 Å².